The molecule has 0 spiro atoms. The van der Waals surface area contributed by atoms with E-state index in [9.17, 15) is 19.7 Å². The van der Waals surface area contributed by atoms with Crippen molar-refractivity contribution in [1.29, 1.82) is 0 Å². The van der Waals surface area contributed by atoms with Gasteiger partial charge in [-0.05, 0) is 28.3 Å². The lowest BCUT2D eigenvalue weighted by Gasteiger charge is -2.12. The van der Waals surface area contributed by atoms with E-state index in [0.29, 0.717) is 28.1 Å². The lowest BCUT2D eigenvalue weighted by Crippen LogP contribution is -2.38. The van der Waals surface area contributed by atoms with Crippen molar-refractivity contribution in [2.24, 2.45) is 13.0 Å². The van der Waals surface area contributed by atoms with Crippen LogP contribution in [-0.2, 0) is 20.0 Å². The summed E-state index contributed by atoms with van der Waals surface area (Å²) in [6, 6.07) is 20.7. The van der Waals surface area contributed by atoms with Gasteiger partial charge in [-0.1, -0.05) is 74.1 Å². The smallest absolute Gasteiger partial charge is 0.284 e. The molecule has 188 valence electrons. The van der Waals surface area contributed by atoms with Gasteiger partial charge >= 0.3 is 5.69 Å². The first kappa shape index (κ1) is 25.0. The summed E-state index contributed by atoms with van der Waals surface area (Å²) in [7, 11) is 1.50. The van der Waals surface area contributed by atoms with E-state index in [1.54, 1.807) is 16.7 Å². The Morgan fingerprint density at radius 2 is 1.76 bits per heavy atom. The molecule has 0 amide bonds. The van der Waals surface area contributed by atoms with Gasteiger partial charge in [0.15, 0.2) is 0 Å². The van der Waals surface area contributed by atoms with E-state index in [-0.39, 0.29) is 22.9 Å². The number of thiophene rings is 1. The Labute approximate surface area is 221 Å². The van der Waals surface area contributed by atoms with Gasteiger partial charge in [0.05, 0.1) is 10.3 Å². The Morgan fingerprint density at radius 3 is 2.51 bits per heavy atom. The second kappa shape index (κ2) is 9.99. The minimum absolute atomic E-state index is 0.00948. The van der Waals surface area contributed by atoms with Crippen LogP contribution in [0.15, 0.2) is 86.1 Å². The molecule has 2 aromatic heterocycles. The number of non-ortho nitro benzene ring substituents is 1. The first-order valence-electron chi connectivity index (χ1n) is 11.9. The summed E-state index contributed by atoms with van der Waals surface area (Å²) in [5, 5.41) is 14.1. The third-order valence-electron chi connectivity index (χ3n) is 6.22. The van der Waals surface area contributed by atoms with Crippen molar-refractivity contribution in [3.8, 4) is 0 Å². The van der Waals surface area contributed by atoms with Crippen LogP contribution in [0, 0.1) is 16.0 Å². The van der Waals surface area contributed by atoms with Gasteiger partial charge in [0.25, 0.3) is 11.2 Å². The zero-order valence-corrected chi connectivity index (χ0v) is 22.3. The van der Waals surface area contributed by atoms with Crippen molar-refractivity contribution in [2.75, 3.05) is 0 Å². The molecule has 0 aliphatic rings. The summed E-state index contributed by atoms with van der Waals surface area (Å²) in [5.74, 6) is 0.204. The Kier molecular flexibility index (Phi) is 6.74. The van der Waals surface area contributed by atoms with E-state index < -0.39 is 4.92 Å². The summed E-state index contributed by atoms with van der Waals surface area (Å²) < 4.78 is 2.85. The molecule has 0 saturated carbocycles. The maximum absolute atomic E-state index is 13.5. The molecule has 0 saturated heterocycles. The lowest BCUT2D eigenvalue weighted by atomic mass is 10.0. The van der Waals surface area contributed by atoms with E-state index in [1.807, 2.05) is 32.0 Å². The molecule has 0 aliphatic carbocycles. The van der Waals surface area contributed by atoms with Crippen molar-refractivity contribution in [3.63, 3.8) is 0 Å². The van der Waals surface area contributed by atoms with Crippen molar-refractivity contribution in [1.82, 2.24) is 9.13 Å². The third-order valence-corrected chi connectivity index (χ3v) is 8.71. The van der Waals surface area contributed by atoms with E-state index in [1.165, 1.54) is 42.3 Å². The van der Waals surface area contributed by atoms with Crippen LogP contribution in [0.1, 0.15) is 24.3 Å². The number of nitro benzene ring substituents is 1. The average molecular weight is 532 g/mol. The predicted molar refractivity (Wildman–Crippen MR) is 150 cm³/mol. The summed E-state index contributed by atoms with van der Waals surface area (Å²) >= 11 is 2.80. The largest absolute Gasteiger partial charge is 0.331 e. The maximum Gasteiger partial charge on any atom is 0.331 e. The van der Waals surface area contributed by atoms with E-state index in [0.717, 1.165) is 30.7 Å². The molecule has 0 aliphatic heterocycles. The highest BCUT2D eigenvalue weighted by molar-refractivity contribution is 7.99. The van der Waals surface area contributed by atoms with Gasteiger partial charge in [-0.15, -0.1) is 11.3 Å². The Hall–Kier alpha value is -3.69. The molecule has 2 heterocycles. The second-order valence-corrected chi connectivity index (χ2v) is 11.5. The minimum Gasteiger partial charge on any atom is -0.284 e. The van der Waals surface area contributed by atoms with Gasteiger partial charge < -0.3 is 0 Å². The predicted octanol–water partition coefficient (Wildman–Crippen LogP) is 6.22. The number of hydrogen-bond donors (Lipinski definition) is 0. The topological polar surface area (TPSA) is 87.1 Å². The first-order valence-corrected chi connectivity index (χ1v) is 13.5. The third kappa shape index (κ3) is 4.72. The van der Waals surface area contributed by atoms with E-state index in [2.05, 4.69) is 24.3 Å². The summed E-state index contributed by atoms with van der Waals surface area (Å²) in [6.07, 6.45) is 0.566. The van der Waals surface area contributed by atoms with Crippen LogP contribution < -0.4 is 11.2 Å². The minimum atomic E-state index is -0.424. The van der Waals surface area contributed by atoms with Crippen LogP contribution in [0.25, 0.3) is 21.0 Å². The SMILES string of the molecule is CC(C)Cn1c(=O)n(C)c(=O)c2c(Sc3cccc([N+](=O)[O-])c3)c(Cc3cccc4ccccc34)sc21. The van der Waals surface area contributed by atoms with Crippen molar-refractivity contribution >= 4 is 49.8 Å². The van der Waals surface area contributed by atoms with Crippen LogP contribution in [0.2, 0.25) is 0 Å². The normalized spacial score (nSPS) is 11.6. The van der Waals surface area contributed by atoms with Gasteiger partial charge in [-0.2, -0.15) is 0 Å². The molecule has 7 nitrogen and oxygen atoms in total. The van der Waals surface area contributed by atoms with Gasteiger partial charge in [0.2, 0.25) is 0 Å². The number of aromatic nitrogens is 2. The molecule has 3 aromatic carbocycles. The van der Waals surface area contributed by atoms with Crippen LogP contribution in [-0.4, -0.2) is 14.1 Å². The fourth-order valence-corrected chi connectivity index (χ4v) is 7.06. The highest BCUT2D eigenvalue weighted by Crippen LogP contribution is 2.42. The molecule has 0 radical (unpaired) electrons. The molecule has 0 N–H and O–H groups in total. The molecule has 0 bridgehead atoms. The van der Waals surface area contributed by atoms with Crippen LogP contribution >= 0.6 is 23.1 Å². The molecule has 0 atom stereocenters. The molecule has 0 unspecified atom stereocenters. The second-order valence-electron chi connectivity index (χ2n) is 9.36. The fourth-order valence-electron chi connectivity index (χ4n) is 4.50. The standard InChI is InChI=1S/C28H25N3O4S2/c1-17(2)16-30-27-24(26(32)29(3)28(30)33)25(36-21-12-7-11-20(15-21)31(34)35)23(37-27)14-19-10-6-9-18-8-4-5-13-22(18)19/h4-13,15,17H,14,16H2,1-3H3. The monoisotopic (exact) mass is 531 g/mol. The number of fused-ring (bicyclic) bond motifs is 2. The van der Waals surface area contributed by atoms with Gasteiger partial charge in [0, 0.05) is 46.8 Å². The quantitative estimate of drug-likeness (QED) is 0.184. The van der Waals surface area contributed by atoms with Crippen LogP contribution in [0.5, 0.6) is 0 Å². The highest BCUT2D eigenvalue weighted by Gasteiger charge is 2.23. The molecule has 5 aromatic rings. The molecule has 9 heteroatoms. The van der Waals surface area contributed by atoms with E-state index >= 15 is 0 Å². The number of benzene rings is 3. The van der Waals surface area contributed by atoms with Gasteiger partial charge in [-0.3, -0.25) is 24.0 Å². The fraction of sp³-hybridized carbons (Fsp3) is 0.214. The summed E-state index contributed by atoms with van der Waals surface area (Å²) in [5.41, 5.74) is 0.411. The molecular weight excluding hydrogens is 506 g/mol. The lowest BCUT2D eigenvalue weighted by molar-refractivity contribution is -0.385. The van der Waals surface area contributed by atoms with Crippen molar-refractivity contribution in [2.45, 2.75) is 36.6 Å². The molecule has 0 fully saturated rings. The van der Waals surface area contributed by atoms with Gasteiger partial charge in [0.1, 0.15) is 4.83 Å². The van der Waals surface area contributed by atoms with Crippen LogP contribution in [0.4, 0.5) is 5.69 Å². The maximum atomic E-state index is 13.5. The number of rotatable bonds is 7. The molecular formula is C28H25N3O4S2. The average Bonchev–Trinajstić information content (AvgIpc) is 3.23. The zero-order chi connectivity index (χ0) is 26.3. The van der Waals surface area contributed by atoms with E-state index in [4.69, 9.17) is 0 Å². The highest BCUT2D eigenvalue weighted by atomic mass is 32.2. The number of nitro groups is 1. The van der Waals surface area contributed by atoms with Crippen molar-refractivity contribution < 1.29 is 4.92 Å². The van der Waals surface area contributed by atoms with Gasteiger partial charge in [-0.25, -0.2) is 4.79 Å². The number of nitrogens with zero attached hydrogens (tertiary/aromatic N) is 3. The molecule has 37 heavy (non-hydrogen) atoms. The Bertz CT molecular complexity index is 1780. The number of hydrogen-bond acceptors (Lipinski definition) is 6. The molecule has 5 rings (SSSR count). The zero-order valence-electron chi connectivity index (χ0n) is 20.6. The first-order chi connectivity index (χ1) is 17.7. The Morgan fingerprint density at radius 1 is 1.03 bits per heavy atom. The Balaban J connectivity index is 1.77. The summed E-state index contributed by atoms with van der Waals surface area (Å²) in [6.45, 7) is 4.55. The van der Waals surface area contributed by atoms with Crippen LogP contribution in [0.3, 0.4) is 0 Å². The van der Waals surface area contributed by atoms with Crippen molar-refractivity contribution in [3.05, 3.63) is 108 Å². The summed E-state index contributed by atoms with van der Waals surface area (Å²) in [4.78, 5) is 40.6.